The van der Waals surface area contributed by atoms with Crippen LogP contribution in [0.2, 0.25) is 15.1 Å². The molecule has 1 atom stereocenters. The van der Waals surface area contributed by atoms with Crippen molar-refractivity contribution in [3.05, 3.63) is 92.9 Å². The van der Waals surface area contributed by atoms with Crippen molar-refractivity contribution in [1.29, 1.82) is 0 Å². The van der Waals surface area contributed by atoms with Gasteiger partial charge in [0, 0.05) is 27.7 Å². The molecular formula is C31H34Cl3N3O4S. The summed E-state index contributed by atoms with van der Waals surface area (Å²) in [6.45, 7) is 3.00. The third kappa shape index (κ3) is 8.19. The zero-order valence-electron chi connectivity index (χ0n) is 23.5. The first-order valence-corrected chi connectivity index (χ1v) is 16.4. The van der Waals surface area contributed by atoms with Crippen LogP contribution in [0.5, 0.6) is 0 Å². The molecule has 1 saturated carbocycles. The van der Waals surface area contributed by atoms with E-state index in [1.54, 1.807) is 43.3 Å². The molecule has 0 spiro atoms. The van der Waals surface area contributed by atoms with Crippen LogP contribution in [0.3, 0.4) is 0 Å². The highest BCUT2D eigenvalue weighted by molar-refractivity contribution is 7.92. The Morgan fingerprint density at radius 1 is 0.881 bits per heavy atom. The molecule has 3 aromatic rings. The molecule has 1 aliphatic rings. The molecule has 0 radical (unpaired) electrons. The van der Waals surface area contributed by atoms with Crippen molar-refractivity contribution in [1.82, 2.24) is 10.2 Å². The minimum Gasteiger partial charge on any atom is -0.352 e. The van der Waals surface area contributed by atoms with E-state index in [1.165, 1.54) is 35.2 Å². The van der Waals surface area contributed by atoms with E-state index < -0.39 is 28.5 Å². The molecule has 0 bridgehead atoms. The van der Waals surface area contributed by atoms with Crippen LogP contribution in [-0.4, -0.2) is 43.8 Å². The smallest absolute Gasteiger partial charge is 0.264 e. The van der Waals surface area contributed by atoms with E-state index in [0.717, 1.165) is 47.5 Å². The van der Waals surface area contributed by atoms with Crippen LogP contribution < -0.4 is 9.62 Å². The van der Waals surface area contributed by atoms with Crippen LogP contribution in [-0.2, 0) is 26.2 Å². The molecule has 7 nitrogen and oxygen atoms in total. The number of halogens is 3. The van der Waals surface area contributed by atoms with Gasteiger partial charge in [-0.2, -0.15) is 0 Å². The average molecular weight is 651 g/mol. The summed E-state index contributed by atoms with van der Waals surface area (Å²) in [5.74, 6) is -0.856. The summed E-state index contributed by atoms with van der Waals surface area (Å²) >= 11 is 18.6. The number of hydrogen-bond donors (Lipinski definition) is 1. The molecule has 0 heterocycles. The van der Waals surface area contributed by atoms with Gasteiger partial charge < -0.3 is 10.2 Å². The first-order valence-electron chi connectivity index (χ1n) is 13.8. The van der Waals surface area contributed by atoms with Crippen LogP contribution in [0.1, 0.15) is 50.2 Å². The fourth-order valence-corrected chi connectivity index (χ4v) is 7.03. The zero-order chi connectivity index (χ0) is 30.4. The summed E-state index contributed by atoms with van der Waals surface area (Å²) in [6.07, 6.45) is 5.01. The predicted octanol–water partition coefficient (Wildman–Crippen LogP) is 7.02. The molecule has 3 aromatic carbocycles. The second-order valence-corrected chi connectivity index (χ2v) is 13.8. The molecule has 0 aromatic heterocycles. The Bertz CT molecular complexity index is 1490. The van der Waals surface area contributed by atoms with Gasteiger partial charge in [0.15, 0.2) is 0 Å². The maximum absolute atomic E-state index is 14.1. The molecule has 11 heteroatoms. The van der Waals surface area contributed by atoms with Crippen molar-refractivity contribution in [3.8, 4) is 0 Å². The number of rotatable bonds is 10. The van der Waals surface area contributed by atoms with Crippen molar-refractivity contribution in [2.75, 3.05) is 10.8 Å². The predicted molar refractivity (Wildman–Crippen MR) is 169 cm³/mol. The number of carbonyl (C=O) groups is 2. The zero-order valence-corrected chi connectivity index (χ0v) is 26.6. The molecule has 2 amide bonds. The van der Waals surface area contributed by atoms with Crippen LogP contribution in [0.15, 0.2) is 71.6 Å². The Morgan fingerprint density at radius 3 is 2.07 bits per heavy atom. The second kappa shape index (κ2) is 14.1. The Morgan fingerprint density at radius 2 is 1.48 bits per heavy atom. The lowest BCUT2D eigenvalue weighted by Crippen LogP contribution is -2.53. The highest BCUT2D eigenvalue weighted by Gasteiger charge is 2.33. The molecule has 1 fully saturated rings. The fourth-order valence-electron chi connectivity index (χ4n) is 4.99. The van der Waals surface area contributed by atoms with Crippen LogP contribution >= 0.6 is 34.8 Å². The van der Waals surface area contributed by atoms with E-state index in [0.29, 0.717) is 5.02 Å². The summed E-state index contributed by atoms with van der Waals surface area (Å²) in [6, 6.07) is 16.8. The third-order valence-corrected chi connectivity index (χ3v) is 9.88. The van der Waals surface area contributed by atoms with E-state index in [9.17, 15) is 18.0 Å². The lowest BCUT2D eigenvalue weighted by molar-refractivity contribution is -0.139. The maximum Gasteiger partial charge on any atom is 0.264 e. The molecule has 0 aliphatic heterocycles. The summed E-state index contributed by atoms with van der Waals surface area (Å²) in [5.41, 5.74) is 1.75. The molecule has 224 valence electrons. The van der Waals surface area contributed by atoms with E-state index >= 15 is 0 Å². The van der Waals surface area contributed by atoms with E-state index in [1.807, 2.05) is 6.92 Å². The quantitative estimate of drug-likeness (QED) is 0.256. The van der Waals surface area contributed by atoms with Gasteiger partial charge >= 0.3 is 0 Å². The number of nitrogens with one attached hydrogen (secondary N) is 1. The highest BCUT2D eigenvalue weighted by atomic mass is 35.5. The molecule has 4 rings (SSSR count). The number of anilines is 1. The fraction of sp³-hybridized carbons (Fsp3) is 0.355. The molecule has 1 N–H and O–H groups in total. The molecular weight excluding hydrogens is 617 g/mol. The number of carbonyl (C=O) groups excluding carboxylic acids is 2. The average Bonchev–Trinajstić information content (AvgIpc) is 2.95. The van der Waals surface area contributed by atoms with Crippen molar-refractivity contribution in [3.63, 3.8) is 0 Å². The minimum atomic E-state index is -4.23. The van der Waals surface area contributed by atoms with Gasteiger partial charge in [-0.3, -0.25) is 13.9 Å². The van der Waals surface area contributed by atoms with Gasteiger partial charge in [0.2, 0.25) is 11.8 Å². The van der Waals surface area contributed by atoms with Gasteiger partial charge in [-0.15, -0.1) is 0 Å². The van der Waals surface area contributed by atoms with Crippen molar-refractivity contribution in [2.45, 2.75) is 69.5 Å². The monoisotopic (exact) mass is 649 g/mol. The van der Waals surface area contributed by atoms with Crippen LogP contribution in [0.4, 0.5) is 5.69 Å². The van der Waals surface area contributed by atoms with Gasteiger partial charge in [0.05, 0.1) is 10.6 Å². The Labute approximate surface area is 262 Å². The maximum atomic E-state index is 14.1. The largest absolute Gasteiger partial charge is 0.352 e. The van der Waals surface area contributed by atoms with Crippen molar-refractivity contribution < 1.29 is 18.0 Å². The van der Waals surface area contributed by atoms with E-state index in [4.69, 9.17) is 34.8 Å². The summed E-state index contributed by atoms with van der Waals surface area (Å²) in [4.78, 5) is 28.9. The minimum absolute atomic E-state index is 0.00402. The first kappa shape index (κ1) is 32.1. The highest BCUT2D eigenvalue weighted by Crippen LogP contribution is 2.30. The Balaban J connectivity index is 1.69. The Hall–Kier alpha value is -2.78. The number of nitrogens with zero attached hydrogens (tertiary/aromatic N) is 2. The van der Waals surface area contributed by atoms with Crippen LogP contribution in [0.25, 0.3) is 0 Å². The lowest BCUT2D eigenvalue weighted by atomic mass is 9.95. The number of benzene rings is 3. The van der Waals surface area contributed by atoms with Gasteiger partial charge in [-0.1, -0.05) is 83.9 Å². The van der Waals surface area contributed by atoms with Gasteiger partial charge in [-0.05, 0) is 74.7 Å². The van der Waals surface area contributed by atoms with Gasteiger partial charge in [-0.25, -0.2) is 8.42 Å². The van der Waals surface area contributed by atoms with Crippen molar-refractivity contribution in [2.24, 2.45) is 0 Å². The standard InChI is InChI=1S/C31H34Cl3N3O4S/c1-21-8-14-29(15-9-21)42(40,41)37(28-17-25(33)16-26(34)18-28)20-30(38)36(19-23-10-12-24(32)13-11-23)22(2)31(39)35-27-6-4-3-5-7-27/h8-18,22,27H,3-7,19-20H2,1-2H3,(H,35,39)/t22-/m0/s1. The van der Waals surface area contributed by atoms with Gasteiger partial charge in [0.25, 0.3) is 10.0 Å². The summed E-state index contributed by atoms with van der Waals surface area (Å²) < 4.78 is 28.9. The topological polar surface area (TPSA) is 86.8 Å². The van der Waals surface area contributed by atoms with Gasteiger partial charge in [0.1, 0.15) is 12.6 Å². The number of aryl methyl sites for hydroxylation is 1. The number of amides is 2. The normalized spacial score (nSPS) is 14.7. The SMILES string of the molecule is Cc1ccc(S(=O)(=O)N(CC(=O)N(Cc2ccc(Cl)cc2)[C@@H](C)C(=O)NC2CCCCC2)c2cc(Cl)cc(Cl)c2)cc1. The van der Waals surface area contributed by atoms with Crippen LogP contribution in [0, 0.1) is 6.92 Å². The summed E-state index contributed by atoms with van der Waals surface area (Å²) in [5, 5.41) is 4.05. The van der Waals surface area contributed by atoms with E-state index in [2.05, 4.69) is 5.32 Å². The third-order valence-electron chi connectivity index (χ3n) is 7.41. The molecule has 1 aliphatic carbocycles. The molecule has 42 heavy (non-hydrogen) atoms. The summed E-state index contributed by atoms with van der Waals surface area (Å²) in [7, 11) is -4.23. The lowest BCUT2D eigenvalue weighted by Gasteiger charge is -2.33. The number of hydrogen-bond acceptors (Lipinski definition) is 4. The second-order valence-electron chi connectivity index (χ2n) is 10.6. The Kier molecular flexibility index (Phi) is 10.8. The van der Waals surface area contributed by atoms with Crippen molar-refractivity contribution >= 4 is 62.3 Å². The molecule has 0 unspecified atom stereocenters. The number of sulfonamides is 1. The first-order chi connectivity index (χ1) is 19.9. The van der Waals surface area contributed by atoms with E-state index in [-0.39, 0.29) is 39.1 Å². The molecule has 0 saturated heterocycles.